The van der Waals surface area contributed by atoms with Gasteiger partial charge in [0.15, 0.2) is 0 Å². The van der Waals surface area contributed by atoms with Crippen LogP contribution >= 0.6 is 0 Å². The van der Waals surface area contributed by atoms with E-state index in [1.165, 1.54) is 4.68 Å². The molecule has 0 radical (unpaired) electrons. The van der Waals surface area contributed by atoms with Crippen LogP contribution in [0.2, 0.25) is 0 Å². The van der Waals surface area contributed by atoms with Crippen molar-refractivity contribution >= 4 is 33.4 Å². The van der Waals surface area contributed by atoms with Gasteiger partial charge in [0.25, 0.3) is 5.56 Å². The number of piperazine rings is 1. The van der Waals surface area contributed by atoms with Crippen molar-refractivity contribution in [1.82, 2.24) is 19.7 Å². The largest absolute Gasteiger partial charge is 0.495 e. The predicted molar refractivity (Wildman–Crippen MR) is 120 cm³/mol. The van der Waals surface area contributed by atoms with Gasteiger partial charge in [0, 0.05) is 42.5 Å². The monoisotopic (exact) mass is 417 g/mol. The number of anilines is 1. The quantitative estimate of drug-likeness (QED) is 0.551. The number of carbonyl (C=O) groups excluding carboxylic acids is 1. The van der Waals surface area contributed by atoms with Crippen molar-refractivity contribution < 1.29 is 9.53 Å². The standard InChI is InChI=1S/C23H23N5O3/c1-31-20-9-5-4-8-19(20)26-10-12-27(13-11-26)21(29)15-28-23(30)22-17(14-24-28)16-6-2-3-7-18(16)25-22/h2-9,14,25H,10-13,15H2,1H3. The Kier molecular flexibility index (Phi) is 4.82. The summed E-state index contributed by atoms with van der Waals surface area (Å²) in [5.74, 6) is 0.717. The molecule has 1 saturated heterocycles. The van der Waals surface area contributed by atoms with E-state index in [2.05, 4.69) is 15.0 Å². The number of benzene rings is 2. The van der Waals surface area contributed by atoms with Crippen molar-refractivity contribution in [2.75, 3.05) is 38.2 Å². The maximum Gasteiger partial charge on any atom is 0.291 e. The van der Waals surface area contributed by atoms with E-state index in [0.717, 1.165) is 27.7 Å². The van der Waals surface area contributed by atoms with Crippen molar-refractivity contribution in [1.29, 1.82) is 0 Å². The van der Waals surface area contributed by atoms with Gasteiger partial charge in [0.1, 0.15) is 17.8 Å². The van der Waals surface area contributed by atoms with Gasteiger partial charge in [-0.25, -0.2) is 4.68 Å². The van der Waals surface area contributed by atoms with E-state index in [4.69, 9.17) is 4.74 Å². The highest BCUT2D eigenvalue weighted by molar-refractivity contribution is 6.06. The number of hydrogen-bond donors (Lipinski definition) is 1. The maximum atomic E-state index is 12.9. The summed E-state index contributed by atoms with van der Waals surface area (Å²) in [5, 5.41) is 5.98. The molecule has 2 aromatic carbocycles. The molecule has 31 heavy (non-hydrogen) atoms. The summed E-state index contributed by atoms with van der Waals surface area (Å²) in [6.45, 7) is 2.50. The summed E-state index contributed by atoms with van der Waals surface area (Å²) < 4.78 is 6.69. The normalized spacial score (nSPS) is 14.4. The highest BCUT2D eigenvalue weighted by atomic mass is 16.5. The molecule has 4 aromatic rings. The minimum absolute atomic E-state index is 0.0706. The van der Waals surface area contributed by atoms with Crippen LogP contribution in [-0.4, -0.2) is 58.9 Å². The third-order valence-electron chi connectivity index (χ3n) is 5.86. The second-order valence-corrected chi connectivity index (χ2v) is 7.61. The molecule has 1 N–H and O–H groups in total. The van der Waals surface area contributed by atoms with Gasteiger partial charge >= 0.3 is 0 Å². The summed E-state index contributed by atoms with van der Waals surface area (Å²) in [4.78, 5) is 32.9. The van der Waals surface area contributed by atoms with Gasteiger partial charge in [-0.05, 0) is 18.2 Å². The highest BCUT2D eigenvalue weighted by Gasteiger charge is 2.24. The number of H-pyrrole nitrogens is 1. The Hall–Kier alpha value is -3.81. The van der Waals surface area contributed by atoms with Gasteiger partial charge in [0.05, 0.1) is 19.0 Å². The molecule has 0 unspecified atom stereocenters. The van der Waals surface area contributed by atoms with E-state index in [9.17, 15) is 9.59 Å². The lowest BCUT2D eigenvalue weighted by atomic mass is 10.2. The minimum atomic E-state index is -0.283. The van der Waals surface area contributed by atoms with Gasteiger partial charge < -0.3 is 19.5 Å². The Labute approximate surface area is 178 Å². The lowest BCUT2D eigenvalue weighted by Crippen LogP contribution is -2.50. The van der Waals surface area contributed by atoms with Crippen LogP contribution in [0.5, 0.6) is 5.75 Å². The first-order chi connectivity index (χ1) is 15.2. The Morgan fingerprint density at radius 1 is 1.03 bits per heavy atom. The molecule has 0 bridgehead atoms. The van der Waals surface area contributed by atoms with Gasteiger partial charge in [-0.2, -0.15) is 5.10 Å². The SMILES string of the molecule is COc1ccccc1N1CCN(C(=O)Cn2ncc3c([nH]c4ccccc43)c2=O)CC1. The summed E-state index contributed by atoms with van der Waals surface area (Å²) in [6, 6.07) is 15.6. The number of ether oxygens (including phenoxy) is 1. The molecule has 158 valence electrons. The lowest BCUT2D eigenvalue weighted by Gasteiger charge is -2.36. The van der Waals surface area contributed by atoms with Crippen molar-refractivity contribution in [3.8, 4) is 5.75 Å². The third-order valence-corrected chi connectivity index (χ3v) is 5.86. The number of amides is 1. The molecule has 2 aromatic heterocycles. The van der Waals surface area contributed by atoms with Crippen LogP contribution in [0.15, 0.2) is 59.5 Å². The van der Waals surface area contributed by atoms with Gasteiger partial charge in [0.2, 0.25) is 5.91 Å². The molecule has 8 heteroatoms. The van der Waals surface area contributed by atoms with Crippen molar-refractivity contribution in [2.24, 2.45) is 0 Å². The number of aromatic amines is 1. The molecular formula is C23H23N5O3. The molecule has 0 aliphatic carbocycles. The summed E-state index contributed by atoms with van der Waals surface area (Å²) >= 11 is 0. The smallest absolute Gasteiger partial charge is 0.291 e. The first-order valence-electron chi connectivity index (χ1n) is 10.3. The second kappa shape index (κ2) is 7.79. The molecule has 1 fully saturated rings. The van der Waals surface area contributed by atoms with E-state index in [0.29, 0.717) is 31.7 Å². The van der Waals surface area contributed by atoms with Crippen LogP contribution in [0.1, 0.15) is 0 Å². The van der Waals surface area contributed by atoms with E-state index in [-0.39, 0.29) is 18.0 Å². The molecule has 0 saturated carbocycles. The van der Waals surface area contributed by atoms with E-state index in [1.54, 1.807) is 18.2 Å². The molecule has 1 amide bonds. The fraction of sp³-hybridized carbons (Fsp3) is 0.261. The van der Waals surface area contributed by atoms with Crippen molar-refractivity contribution in [2.45, 2.75) is 6.54 Å². The number of aromatic nitrogens is 3. The third kappa shape index (κ3) is 3.39. The number of hydrogen-bond acceptors (Lipinski definition) is 5. The summed E-state index contributed by atoms with van der Waals surface area (Å²) in [7, 11) is 1.66. The Morgan fingerprint density at radius 3 is 2.58 bits per heavy atom. The molecule has 8 nitrogen and oxygen atoms in total. The molecule has 3 heterocycles. The molecule has 0 spiro atoms. The van der Waals surface area contributed by atoms with Gasteiger partial charge in [-0.15, -0.1) is 0 Å². The fourth-order valence-electron chi connectivity index (χ4n) is 4.20. The maximum absolute atomic E-state index is 12.9. The van der Waals surface area contributed by atoms with Crippen LogP contribution < -0.4 is 15.2 Å². The number of nitrogens with one attached hydrogen (secondary N) is 1. The van der Waals surface area contributed by atoms with Gasteiger partial charge in [-0.3, -0.25) is 9.59 Å². The Bertz CT molecular complexity index is 1320. The minimum Gasteiger partial charge on any atom is -0.495 e. The number of para-hydroxylation sites is 3. The number of nitrogens with zero attached hydrogens (tertiary/aromatic N) is 4. The topological polar surface area (TPSA) is 83.5 Å². The molecular weight excluding hydrogens is 394 g/mol. The molecule has 5 rings (SSSR count). The number of carbonyl (C=O) groups is 1. The highest BCUT2D eigenvalue weighted by Crippen LogP contribution is 2.28. The summed E-state index contributed by atoms with van der Waals surface area (Å²) in [6.07, 6.45) is 1.66. The van der Waals surface area contributed by atoms with Crippen LogP contribution in [0.3, 0.4) is 0 Å². The van der Waals surface area contributed by atoms with E-state index < -0.39 is 0 Å². The lowest BCUT2D eigenvalue weighted by molar-refractivity contribution is -0.132. The Balaban J connectivity index is 1.31. The van der Waals surface area contributed by atoms with E-state index in [1.807, 2.05) is 48.5 Å². The first kappa shape index (κ1) is 19.2. The average molecular weight is 417 g/mol. The van der Waals surface area contributed by atoms with Crippen LogP contribution in [-0.2, 0) is 11.3 Å². The zero-order valence-electron chi connectivity index (χ0n) is 17.2. The van der Waals surface area contributed by atoms with Crippen LogP contribution in [0.25, 0.3) is 21.8 Å². The predicted octanol–water partition coefficient (Wildman–Crippen LogP) is 2.24. The van der Waals surface area contributed by atoms with Crippen molar-refractivity contribution in [3.05, 3.63) is 65.1 Å². The number of methoxy groups -OCH3 is 1. The fourth-order valence-corrected chi connectivity index (χ4v) is 4.20. The van der Waals surface area contributed by atoms with Crippen molar-refractivity contribution in [3.63, 3.8) is 0 Å². The molecule has 0 atom stereocenters. The Morgan fingerprint density at radius 2 is 1.77 bits per heavy atom. The zero-order valence-corrected chi connectivity index (χ0v) is 17.2. The molecule has 1 aliphatic heterocycles. The number of rotatable bonds is 4. The average Bonchev–Trinajstić information content (AvgIpc) is 3.20. The first-order valence-corrected chi connectivity index (χ1v) is 10.3. The number of fused-ring (bicyclic) bond motifs is 3. The van der Waals surface area contributed by atoms with Crippen LogP contribution in [0.4, 0.5) is 5.69 Å². The zero-order chi connectivity index (χ0) is 21.4. The van der Waals surface area contributed by atoms with E-state index >= 15 is 0 Å². The molecule has 1 aliphatic rings. The second-order valence-electron chi connectivity index (χ2n) is 7.61. The van der Waals surface area contributed by atoms with Gasteiger partial charge in [-0.1, -0.05) is 30.3 Å². The van der Waals surface area contributed by atoms with Crippen LogP contribution in [0, 0.1) is 0 Å². The summed E-state index contributed by atoms with van der Waals surface area (Å²) in [5.41, 5.74) is 2.10.